The lowest BCUT2D eigenvalue weighted by Gasteiger charge is -2.09. The normalized spacial score (nSPS) is 12.0. The molecule has 2 aromatic heterocycles. The monoisotopic (exact) mass is 389 g/mol. The standard InChI is InChI=1S/C16H16FN5O.C6H4/c1-10(23)7-11-3-2-4-12(8-11)20-16-18-6-5-14(21-16)13-9-19-22-15(13)17;1-2-6-4-3-5(1)6/h2-6,8-10,23H,7H2,1H3,(H,19,22)(H,18,20,21);1-4H. The van der Waals surface area contributed by atoms with Crippen molar-refractivity contribution < 1.29 is 9.50 Å². The Kier molecular flexibility index (Phi) is 5.31. The van der Waals surface area contributed by atoms with Gasteiger partial charge in [-0.1, -0.05) is 36.4 Å². The Labute approximate surface area is 166 Å². The zero-order valence-corrected chi connectivity index (χ0v) is 15.8. The van der Waals surface area contributed by atoms with E-state index in [0.29, 0.717) is 23.6 Å². The fourth-order valence-corrected chi connectivity index (χ4v) is 2.93. The number of H-pyrrole nitrogens is 1. The van der Waals surface area contributed by atoms with Gasteiger partial charge < -0.3 is 10.4 Å². The van der Waals surface area contributed by atoms with E-state index in [0.717, 1.165) is 11.3 Å². The van der Waals surface area contributed by atoms with E-state index in [2.05, 4.69) is 49.7 Å². The number of halogens is 1. The van der Waals surface area contributed by atoms with Crippen molar-refractivity contribution in [2.24, 2.45) is 0 Å². The Bertz CT molecular complexity index is 1170. The number of anilines is 2. The van der Waals surface area contributed by atoms with E-state index < -0.39 is 12.1 Å². The van der Waals surface area contributed by atoms with Crippen molar-refractivity contribution in [3.63, 3.8) is 0 Å². The van der Waals surface area contributed by atoms with E-state index in [1.54, 1.807) is 19.2 Å². The number of hydrogen-bond acceptors (Lipinski definition) is 5. The maximum Gasteiger partial charge on any atom is 0.227 e. The summed E-state index contributed by atoms with van der Waals surface area (Å²) >= 11 is 0. The van der Waals surface area contributed by atoms with Gasteiger partial charge in [0.05, 0.1) is 23.6 Å². The molecule has 0 fully saturated rings. The maximum atomic E-state index is 13.5. The molecule has 3 aromatic rings. The predicted molar refractivity (Wildman–Crippen MR) is 109 cm³/mol. The second-order valence-electron chi connectivity index (χ2n) is 6.82. The van der Waals surface area contributed by atoms with Crippen LogP contribution in [0.1, 0.15) is 12.5 Å². The first-order valence-corrected chi connectivity index (χ1v) is 9.25. The second-order valence-corrected chi connectivity index (χ2v) is 6.82. The zero-order chi connectivity index (χ0) is 20.2. The number of hydrogen-bond donors (Lipinski definition) is 3. The number of nitrogens with zero attached hydrogens (tertiary/aromatic N) is 3. The molecule has 146 valence electrons. The molecule has 0 saturated heterocycles. The van der Waals surface area contributed by atoms with Crippen molar-refractivity contribution in [3.05, 3.63) is 88.9 Å². The van der Waals surface area contributed by atoms with Gasteiger partial charge in [0.25, 0.3) is 0 Å². The van der Waals surface area contributed by atoms with Gasteiger partial charge in [0, 0.05) is 11.9 Å². The Balaban J connectivity index is 0.000000286. The molecule has 1 aromatic carbocycles. The molecule has 0 spiro atoms. The Hall–Kier alpha value is -3.58. The van der Waals surface area contributed by atoms with Crippen LogP contribution >= 0.6 is 0 Å². The molecule has 0 bridgehead atoms. The second kappa shape index (κ2) is 8.20. The summed E-state index contributed by atoms with van der Waals surface area (Å²) in [5, 5.41) is 21.3. The third-order valence-corrected chi connectivity index (χ3v) is 4.46. The molecule has 5 rings (SSSR count). The average Bonchev–Trinajstić information content (AvgIpc) is 3.11. The highest BCUT2D eigenvalue weighted by atomic mass is 19.1. The number of aromatic amines is 1. The molecule has 6 nitrogen and oxygen atoms in total. The van der Waals surface area contributed by atoms with Gasteiger partial charge in [-0.3, -0.25) is 5.10 Å². The lowest BCUT2D eigenvalue weighted by Crippen LogP contribution is -2.04. The summed E-state index contributed by atoms with van der Waals surface area (Å²) in [6.07, 6.45) is 3.09. The fourth-order valence-electron chi connectivity index (χ4n) is 2.93. The van der Waals surface area contributed by atoms with Gasteiger partial charge in [0.2, 0.25) is 11.9 Å². The van der Waals surface area contributed by atoms with Crippen LogP contribution in [0.3, 0.4) is 0 Å². The minimum atomic E-state index is -0.534. The molecule has 7 heteroatoms. The van der Waals surface area contributed by atoms with Gasteiger partial charge in [-0.2, -0.15) is 9.49 Å². The summed E-state index contributed by atoms with van der Waals surface area (Å²) in [5.41, 5.74) is 2.53. The van der Waals surface area contributed by atoms with Crippen LogP contribution in [0.5, 0.6) is 0 Å². The molecular weight excluding hydrogens is 369 g/mol. The molecule has 0 amide bonds. The van der Waals surface area contributed by atoms with Gasteiger partial charge in [0.1, 0.15) is 0 Å². The van der Waals surface area contributed by atoms with Crippen molar-refractivity contribution >= 4 is 11.6 Å². The van der Waals surface area contributed by atoms with Crippen molar-refractivity contribution in [2.75, 3.05) is 5.32 Å². The molecular formula is C22H20FN5O. The van der Waals surface area contributed by atoms with Gasteiger partial charge in [-0.05, 0) is 47.5 Å². The lowest BCUT2D eigenvalue weighted by atomic mass is 10.1. The van der Waals surface area contributed by atoms with Crippen LogP contribution in [-0.4, -0.2) is 31.4 Å². The lowest BCUT2D eigenvalue weighted by molar-refractivity contribution is 0.195. The minimum absolute atomic E-state index is 0.290. The van der Waals surface area contributed by atoms with Gasteiger partial charge in [-0.15, -0.1) is 0 Å². The summed E-state index contributed by atoms with van der Waals surface area (Å²) in [6, 6.07) is 17.7. The predicted octanol–water partition coefficient (Wildman–Crippen LogP) is 3.96. The molecule has 2 heterocycles. The first-order chi connectivity index (χ1) is 14.1. The highest BCUT2D eigenvalue weighted by Gasteiger charge is 2.10. The molecule has 0 saturated carbocycles. The third kappa shape index (κ3) is 4.47. The van der Waals surface area contributed by atoms with Gasteiger partial charge >= 0.3 is 0 Å². The number of nitrogens with one attached hydrogen (secondary N) is 2. The van der Waals surface area contributed by atoms with E-state index in [1.165, 1.54) is 16.6 Å². The zero-order valence-electron chi connectivity index (χ0n) is 15.8. The Morgan fingerprint density at radius 1 is 1.10 bits per heavy atom. The van der Waals surface area contributed by atoms with E-state index in [4.69, 9.17) is 0 Å². The van der Waals surface area contributed by atoms with Crippen molar-refractivity contribution in [2.45, 2.75) is 19.4 Å². The van der Waals surface area contributed by atoms with Gasteiger partial charge in [0.15, 0.2) is 0 Å². The SMILES string of the molecule is CC(O)Cc1cccc(Nc2nccc(-c3cn[nH]c3F)n2)c1.c1cc2ccc1=2. The van der Waals surface area contributed by atoms with Crippen LogP contribution in [0.25, 0.3) is 11.3 Å². The number of aromatic nitrogens is 4. The van der Waals surface area contributed by atoms with Crippen LogP contribution in [0.2, 0.25) is 0 Å². The summed E-state index contributed by atoms with van der Waals surface area (Å²) in [5.74, 6) is -0.175. The van der Waals surface area contributed by atoms with E-state index in [-0.39, 0.29) is 0 Å². The minimum Gasteiger partial charge on any atom is -0.393 e. The molecule has 1 atom stereocenters. The molecule has 0 aliphatic heterocycles. The van der Waals surface area contributed by atoms with Crippen LogP contribution < -0.4 is 5.32 Å². The molecule has 1 unspecified atom stereocenters. The highest BCUT2D eigenvalue weighted by Crippen LogP contribution is 2.21. The van der Waals surface area contributed by atoms with Crippen LogP contribution in [0, 0.1) is 16.4 Å². The van der Waals surface area contributed by atoms with Crippen LogP contribution in [0.4, 0.5) is 16.0 Å². The van der Waals surface area contributed by atoms with Crippen molar-refractivity contribution in [1.29, 1.82) is 0 Å². The van der Waals surface area contributed by atoms with Crippen LogP contribution in [0.15, 0.2) is 67.0 Å². The van der Waals surface area contributed by atoms with E-state index >= 15 is 0 Å². The third-order valence-electron chi connectivity index (χ3n) is 4.46. The van der Waals surface area contributed by atoms with Crippen LogP contribution in [-0.2, 0) is 6.42 Å². The number of benzene rings is 2. The van der Waals surface area contributed by atoms with Gasteiger partial charge in [-0.25, -0.2) is 9.97 Å². The highest BCUT2D eigenvalue weighted by molar-refractivity contribution is 5.61. The molecule has 29 heavy (non-hydrogen) atoms. The van der Waals surface area contributed by atoms with Crippen molar-refractivity contribution in [1.82, 2.24) is 20.2 Å². The smallest absolute Gasteiger partial charge is 0.227 e. The molecule has 2 aliphatic rings. The summed E-state index contributed by atoms with van der Waals surface area (Å²) in [6.45, 7) is 1.74. The summed E-state index contributed by atoms with van der Waals surface area (Å²) in [4.78, 5) is 8.43. The summed E-state index contributed by atoms with van der Waals surface area (Å²) in [7, 11) is 0. The van der Waals surface area contributed by atoms with E-state index in [1.807, 2.05) is 24.3 Å². The molecule has 0 radical (unpaired) electrons. The quantitative estimate of drug-likeness (QED) is 0.424. The molecule has 2 aliphatic carbocycles. The first kappa shape index (κ1) is 18.8. The average molecular weight is 389 g/mol. The largest absolute Gasteiger partial charge is 0.393 e. The topological polar surface area (TPSA) is 86.7 Å². The van der Waals surface area contributed by atoms with Crippen molar-refractivity contribution in [3.8, 4) is 11.3 Å². The number of aliphatic hydroxyl groups excluding tert-OH is 1. The Morgan fingerprint density at radius 2 is 1.86 bits per heavy atom. The fraction of sp³-hybridized carbons (Fsp3) is 0.136. The molecule has 3 N–H and O–H groups in total. The summed E-state index contributed by atoms with van der Waals surface area (Å²) < 4.78 is 13.5. The first-order valence-electron chi connectivity index (χ1n) is 9.25. The van der Waals surface area contributed by atoms with E-state index in [9.17, 15) is 9.50 Å². The maximum absolute atomic E-state index is 13.5. The number of aliphatic hydroxyl groups is 1. The number of rotatable bonds is 5. The Morgan fingerprint density at radius 3 is 2.45 bits per heavy atom.